The summed E-state index contributed by atoms with van der Waals surface area (Å²) in [6.45, 7) is -0.485. The lowest BCUT2D eigenvalue weighted by Gasteiger charge is -2.33. The smallest absolute Gasteiger partial charge is 0.244 e. The second kappa shape index (κ2) is 12.6. The Kier molecular flexibility index (Phi) is 9.54. The van der Waals surface area contributed by atoms with E-state index in [1.807, 2.05) is 30.3 Å². The highest BCUT2D eigenvalue weighted by Gasteiger charge is 2.32. The number of nitrogens with zero attached hydrogens (tertiary/aromatic N) is 2. The monoisotopic (exact) mass is 543 g/mol. The van der Waals surface area contributed by atoms with Crippen molar-refractivity contribution in [1.82, 2.24) is 10.2 Å². The summed E-state index contributed by atoms with van der Waals surface area (Å²) in [4.78, 5) is 28.3. The summed E-state index contributed by atoms with van der Waals surface area (Å²) in [6, 6.07) is 21.8. The van der Waals surface area contributed by atoms with Crippen molar-refractivity contribution in [2.45, 2.75) is 19.0 Å². The number of halogens is 1. The fourth-order valence-corrected chi connectivity index (χ4v) is 4.94. The van der Waals surface area contributed by atoms with Crippen LogP contribution >= 0.6 is 11.6 Å². The van der Waals surface area contributed by atoms with Gasteiger partial charge in [-0.2, -0.15) is 0 Å². The first-order valence-corrected chi connectivity index (χ1v) is 13.8. The molecule has 0 aromatic heterocycles. The van der Waals surface area contributed by atoms with Gasteiger partial charge in [0.25, 0.3) is 0 Å². The standard InChI is InChI=1S/C27H30ClN3O5S/c1-29-27(33)25(17-20-9-5-4-6-10-20)30(18-21-11-7-8-12-24(21)28)26(32)19-31(37(3,34)35)22-13-15-23(36-2)16-14-22/h4-16,25H,17-19H2,1-3H3,(H,29,33)/t25-/m0/s1. The third-order valence-electron chi connectivity index (χ3n) is 5.86. The van der Waals surface area contributed by atoms with E-state index in [0.29, 0.717) is 22.0 Å². The molecule has 0 bridgehead atoms. The van der Waals surface area contributed by atoms with Crippen molar-refractivity contribution in [3.8, 4) is 5.75 Å². The molecule has 3 aromatic rings. The highest BCUT2D eigenvalue weighted by molar-refractivity contribution is 7.92. The molecule has 10 heteroatoms. The predicted octanol–water partition coefficient (Wildman–Crippen LogP) is 3.50. The molecule has 0 aliphatic rings. The second-order valence-electron chi connectivity index (χ2n) is 8.40. The topological polar surface area (TPSA) is 96.0 Å². The third-order valence-corrected chi connectivity index (χ3v) is 7.36. The van der Waals surface area contributed by atoms with Crippen LogP contribution in [-0.2, 0) is 32.6 Å². The largest absolute Gasteiger partial charge is 0.497 e. The zero-order chi connectivity index (χ0) is 27.0. The molecular weight excluding hydrogens is 514 g/mol. The zero-order valence-electron chi connectivity index (χ0n) is 20.9. The Hall–Kier alpha value is -3.56. The van der Waals surface area contributed by atoms with Gasteiger partial charge < -0.3 is 15.0 Å². The molecule has 8 nitrogen and oxygen atoms in total. The van der Waals surface area contributed by atoms with Crippen molar-refractivity contribution in [3.05, 3.63) is 95.0 Å². The number of hydrogen-bond acceptors (Lipinski definition) is 5. The first kappa shape index (κ1) is 28.0. The maximum Gasteiger partial charge on any atom is 0.244 e. The summed E-state index contributed by atoms with van der Waals surface area (Å²) in [5, 5.41) is 3.07. The van der Waals surface area contributed by atoms with Crippen molar-refractivity contribution < 1.29 is 22.7 Å². The minimum atomic E-state index is -3.84. The van der Waals surface area contributed by atoms with Crippen LogP contribution in [0.25, 0.3) is 0 Å². The molecule has 2 amide bonds. The van der Waals surface area contributed by atoms with E-state index in [1.165, 1.54) is 19.1 Å². The van der Waals surface area contributed by atoms with E-state index in [9.17, 15) is 18.0 Å². The van der Waals surface area contributed by atoms with Gasteiger partial charge in [0.1, 0.15) is 18.3 Å². The SMILES string of the molecule is CNC(=O)[C@H](Cc1ccccc1)N(Cc1ccccc1Cl)C(=O)CN(c1ccc(OC)cc1)S(C)(=O)=O. The van der Waals surface area contributed by atoms with Crippen LogP contribution < -0.4 is 14.4 Å². The number of likely N-dealkylation sites (N-methyl/N-ethyl adjacent to an activating group) is 1. The van der Waals surface area contributed by atoms with E-state index in [0.717, 1.165) is 16.1 Å². The van der Waals surface area contributed by atoms with Gasteiger partial charge in [-0.15, -0.1) is 0 Å². The maximum absolute atomic E-state index is 13.8. The molecule has 0 spiro atoms. The molecule has 0 fully saturated rings. The van der Waals surface area contributed by atoms with Gasteiger partial charge in [0.2, 0.25) is 21.8 Å². The number of carbonyl (C=O) groups is 2. The van der Waals surface area contributed by atoms with E-state index in [2.05, 4.69) is 5.32 Å². The van der Waals surface area contributed by atoms with Crippen LogP contribution in [-0.4, -0.2) is 58.1 Å². The summed E-state index contributed by atoms with van der Waals surface area (Å²) >= 11 is 6.40. The molecular formula is C27H30ClN3O5S. The highest BCUT2D eigenvalue weighted by Crippen LogP contribution is 2.24. The number of methoxy groups -OCH3 is 1. The Balaban J connectivity index is 2.02. The highest BCUT2D eigenvalue weighted by atomic mass is 35.5. The zero-order valence-corrected chi connectivity index (χ0v) is 22.5. The van der Waals surface area contributed by atoms with Crippen molar-refractivity contribution in [2.75, 3.05) is 31.3 Å². The fraction of sp³-hybridized carbons (Fsp3) is 0.259. The third kappa shape index (κ3) is 7.47. The molecule has 0 aliphatic carbocycles. The molecule has 0 unspecified atom stereocenters. The second-order valence-corrected chi connectivity index (χ2v) is 10.7. The molecule has 0 radical (unpaired) electrons. The molecule has 0 saturated carbocycles. The number of benzene rings is 3. The van der Waals surface area contributed by atoms with Gasteiger partial charge in [-0.05, 0) is 41.5 Å². The molecule has 0 saturated heterocycles. The van der Waals surface area contributed by atoms with E-state index >= 15 is 0 Å². The average molecular weight is 544 g/mol. The normalized spacial score (nSPS) is 11.9. The minimum Gasteiger partial charge on any atom is -0.497 e. The molecule has 0 heterocycles. The number of sulfonamides is 1. The lowest BCUT2D eigenvalue weighted by molar-refractivity contribution is -0.139. The summed E-state index contributed by atoms with van der Waals surface area (Å²) in [5.41, 5.74) is 1.78. The molecule has 1 atom stereocenters. The van der Waals surface area contributed by atoms with Crippen LogP contribution in [0.4, 0.5) is 5.69 Å². The Morgan fingerprint density at radius 2 is 1.59 bits per heavy atom. The number of rotatable bonds is 11. The van der Waals surface area contributed by atoms with Crippen LogP contribution in [0.5, 0.6) is 5.75 Å². The lowest BCUT2D eigenvalue weighted by Crippen LogP contribution is -2.52. The summed E-state index contributed by atoms with van der Waals surface area (Å²) in [6.07, 6.45) is 1.27. The summed E-state index contributed by atoms with van der Waals surface area (Å²) in [5.74, 6) is -0.378. The van der Waals surface area contributed by atoms with E-state index in [-0.39, 0.29) is 18.9 Å². The number of carbonyl (C=O) groups excluding carboxylic acids is 2. The fourth-order valence-electron chi connectivity index (χ4n) is 3.89. The van der Waals surface area contributed by atoms with Crippen LogP contribution in [0, 0.1) is 0 Å². The Morgan fingerprint density at radius 1 is 0.973 bits per heavy atom. The van der Waals surface area contributed by atoms with Gasteiger partial charge in [0.05, 0.1) is 19.1 Å². The Bertz CT molecular complexity index is 1320. The van der Waals surface area contributed by atoms with Gasteiger partial charge in [0, 0.05) is 25.0 Å². The molecule has 3 aromatic carbocycles. The number of nitrogens with one attached hydrogen (secondary N) is 1. The number of anilines is 1. The van der Waals surface area contributed by atoms with Gasteiger partial charge in [-0.25, -0.2) is 8.42 Å². The lowest BCUT2D eigenvalue weighted by atomic mass is 10.0. The van der Waals surface area contributed by atoms with Gasteiger partial charge >= 0.3 is 0 Å². The van der Waals surface area contributed by atoms with E-state index in [4.69, 9.17) is 16.3 Å². The predicted molar refractivity (Wildman–Crippen MR) is 145 cm³/mol. The molecule has 3 rings (SSSR count). The Morgan fingerprint density at radius 3 is 2.16 bits per heavy atom. The van der Waals surface area contributed by atoms with Crippen molar-refractivity contribution in [3.63, 3.8) is 0 Å². The first-order valence-electron chi connectivity index (χ1n) is 11.5. The molecule has 1 N–H and O–H groups in total. The Labute approximate surface area is 222 Å². The summed E-state index contributed by atoms with van der Waals surface area (Å²) in [7, 11) is -0.835. The van der Waals surface area contributed by atoms with Crippen molar-refractivity contribution >= 4 is 39.1 Å². The molecule has 196 valence electrons. The molecule has 0 aliphatic heterocycles. The average Bonchev–Trinajstić information content (AvgIpc) is 2.89. The number of ether oxygens (including phenoxy) is 1. The number of hydrogen-bond donors (Lipinski definition) is 1. The maximum atomic E-state index is 13.8. The van der Waals surface area contributed by atoms with Gasteiger partial charge in [-0.1, -0.05) is 60.1 Å². The van der Waals surface area contributed by atoms with Crippen LogP contribution in [0.3, 0.4) is 0 Å². The van der Waals surface area contributed by atoms with Crippen LogP contribution in [0.15, 0.2) is 78.9 Å². The van der Waals surface area contributed by atoms with Crippen molar-refractivity contribution in [2.24, 2.45) is 0 Å². The van der Waals surface area contributed by atoms with E-state index < -0.39 is 28.5 Å². The van der Waals surface area contributed by atoms with Crippen LogP contribution in [0.2, 0.25) is 5.02 Å². The van der Waals surface area contributed by atoms with Gasteiger partial charge in [0.15, 0.2) is 0 Å². The molecule has 37 heavy (non-hydrogen) atoms. The summed E-state index contributed by atoms with van der Waals surface area (Å²) < 4.78 is 31.6. The first-order chi connectivity index (χ1) is 17.6. The van der Waals surface area contributed by atoms with Crippen molar-refractivity contribution in [1.29, 1.82) is 0 Å². The number of amides is 2. The van der Waals surface area contributed by atoms with Gasteiger partial charge in [-0.3, -0.25) is 13.9 Å². The quantitative estimate of drug-likeness (QED) is 0.399. The van der Waals surface area contributed by atoms with Crippen LogP contribution in [0.1, 0.15) is 11.1 Å². The minimum absolute atomic E-state index is 0.0175. The van der Waals surface area contributed by atoms with E-state index in [1.54, 1.807) is 48.5 Å².